The molecule has 30 heteroatoms. The second-order valence-corrected chi connectivity index (χ2v) is 25.7. The van der Waals surface area contributed by atoms with Crippen LogP contribution < -0.4 is 36.4 Å². The minimum absolute atomic E-state index is 0. The summed E-state index contributed by atoms with van der Waals surface area (Å²) in [4.78, 5) is 63.0. The lowest BCUT2D eigenvalue weighted by Gasteiger charge is -2.33. The molecule has 6 aromatic rings. The van der Waals surface area contributed by atoms with Crippen molar-refractivity contribution in [2.75, 3.05) is 58.1 Å². The van der Waals surface area contributed by atoms with Gasteiger partial charge in [0.2, 0.25) is 5.91 Å². The fraction of sp³-hybridized carbons (Fsp3) is 0.470. The summed E-state index contributed by atoms with van der Waals surface area (Å²) >= 11 is 22.8. The molecule has 2 aromatic heterocycles. The number of nitrogens with one attached hydrogen (secondary N) is 1. The molecule has 0 aliphatic carbocycles. The average molecular weight is 1450 g/mol. The van der Waals surface area contributed by atoms with E-state index in [0.717, 1.165) is 25.9 Å². The lowest BCUT2D eigenvalue weighted by molar-refractivity contribution is -0.132. The number of halogens is 9. The molecular weight excluding hydrogens is 1360 g/mol. The lowest BCUT2D eigenvalue weighted by atomic mass is 10.1. The minimum atomic E-state index is -0.600. The van der Waals surface area contributed by atoms with Crippen molar-refractivity contribution >= 4 is 82.7 Å². The maximum Gasteiger partial charge on any atom is 0.410 e. The number of ether oxygens (including phenoxy) is 5. The van der Waals surface area contributed by atoms with Crippen LogP contribution in [0.4, 0.5) is 33.0 Å². The molecular formula is C66H84Cl5F4N9O12. The monoisotopic (exact) mass is 1450 g/mol. The minimum Gasteiger partial charge on any atom is -0.506 e. The van der Waals surface area contributed by atoms with Crippen LogP contribution in [0.5, 0.6) is 23.0 Å². The summed E-state index contributed by atoms with van der Waals surface area (Å²) in [5.41, 5.74) is 4.51. The van der Waals surface area contributed by atoms with Gasteiger partial charge in [-0.05, 0) is 141 Å². The number of aromatic nitrogens is 4. The number of aliphatic hydroxyl groups excluding tert-OH is 1. The fourth-order valence-corrected chi connectivity index (χ4v) is 9.82. The van der Waals surface area contributed by atoms with Crippen molar-refractivity contribution < 1.29 is 65.8 Å². The van der Waals surface area contributed by atoms with E-state index in [0.29, 0.717) is 107 Å². The summed E-state index contributed by atoms with van der Waals surface area (Å²) < 4.78 is 82.4. The average Bonchev–Trinajstić information content (AvgIpc) is 0.904. The van der Waals surface area contributed by atoms with Crippen LogP contribution in [-0.2, 0) is 34.8 Å². The number of piperidine rings is 4. The van der Waals surface area contributed by atoms with Crippen LogP contribution in [0.2, 0.25) is 20.1 Å². The van der Waals surface area contributed by atoms with Gasteiger partial charge in [-0.25, -0.2) is 36.5 Å². The highest BCUT2D eigenvalue weighted by molar-refractivity contribution is 6.33. The van der Waals surface area contributed by atoms with Gasteiger partial charge >= 0.3 is 12.2 Å². The van der Waals surface area contributed by atoms with Crippen molar-refractivity contribution in [2.24, 2.45) is 14.1 Å². The third-order valence-electron chi connectivity index (χ3n) is 14.2. The van der Waals surface area contributed by atoms with E-state index in [1.807, 2.05) is 41.5 Å². The number of hydrogen-bond donors (Lipinski definition) is 4. The van der Waals surface area contributed by atoms with E-state index in [1.54, 1.807) is 71.3 Å². The summed E-state index contributed by atoms with van der Waals surface area (Å²) in [7, 11) is 3.11. The van der Waals surface area contributed by atoms with Gasteiger partial charge in [0.05, 0.1) is 18.2 Å². The van der Waals surface area contributed by atoms with Crippen molar-refractivity contribution in [3.8, 4) is 23.0 Å². The van der Waals surface area contributed by atoms with E-state index in [4.69, 9.17) is 80.9 Å². The molecule has 4 saturated heterocycles. The summed E-state index contributed by atoms with van der Waals surface area (Å²) in [5.74, 6) is -0.828. The van der Waals surface area contributed by atoms with Crippen molar-refractivity contribution in [3.05, 3.63) is 167 Å². The lowest BCUT2D eigenvalue weighted by Crippen LogP contribution is -2.44. The van der Waals surface area contributed by atoms with Gasteiger partial charge < -0.3 is 59.6 Å². The Morgan fingerprint density at radius 3 is 1.25 bits per heavy atom. The van der Waals surface area contributed by atoms with Crippen molar-refractivity contribution in [2.45, 2.75) is 135 Å². The van der Waals surface area contributed by atoms with Gasteiger partial charge in [0, 0.05) is 91.2 Å². The Balaban J connectivity index is 0.000000255. The number of phenolic OH excluding ortho intramolecular Hbond substituents is 1. The molecule has 0 radical (unpaired) electrons. The standard InChI is InChI=1S/C18H19ClFN3O3.C16H21ClFNO3.C11H13ClFNO.C10H19NO3.C6H4ClFO.C5H7N3O.ClH/c1-22-16(24)6-5-12(21-22)11-17(25)23-9-7-13(8-10-23)26-15-4-2-3-14(20)18(15)19;1-16(2,3)22-15(20)19-9-7-11(8-10-19)21-13-6-4-5-12(18)14(13)17;12-11-9(13)2-1-3-10(11)15-8-4-6-14-7-5-8;1-10(2,3)14-9(13)11-6-4-8(12)5-7-11;7-6-4(8)2-1-3-5(6)9;1-8-5(9)3-2-4(6)7-8;/h2-6,13H,7-11H2,1H3;4-6,11H,7-10H2,1-3H3;1-3,8,14H,4-7H2;8,12H,4-7H2,1-3H3;1-3,9H;2-3H,1H3,(H2,6,7);1H. The number of nitrogens with zero attached hydrogens (tertiary/aromatic N) is 7. The number of aliphatic hydroxyl groups is 1. The maximum absolute atomic E-state index is 13.5. The molecule has 4 aliphatic heterocycles. The van der Waals surface area contributed by atoms with E-state index in [1.165, 1.54) is 64.0 Å². The van der Waals surface area contributed by atoms with Crippen LogP contribution in [0.1, 0.15) is 98.6 Å². The number of phenols is 1. The molecule has 4 fully saturated rings. The molecule has 10 rings (SSSR count). The topological polar surface area (TPSA) is 255 Å². The van der Waals surface area contributed by atoms with Crippen molar-refractivity contribution in [3.63, 3.8) is 0 Å². The zero-order chi connectivity index (χ0) is 70.2. The summed E-state index contributed by atoms with van der Waals surface area (Å²) in [5, 5.41) is 28.8. The first-order chi connectivity index (χ1) is 44.8. The van der Waals surface area contributed by atoms with Crippen molar-refractivity contribution in [1.82, 2.24) is 39.6 Å². The number of carbonyl (C=O) groups excluding carboxylic acids is 3. The van der Waals surface area contributed by atoms with E-state index in [2.05, 4.69) is 15.5 Å². The highest BCUT2D eigenvalue weighted by Crippen LogP contribution is 2.33. The second-order valence-electron chi connectivity index (χ2n) is 24.2. The van der Waals surface area contributed by atoms with Crippen LogP contribution in [-0.4, -0.2) is 151 Å². The SMILES string of the molecule is CC(C)(C)OC(=O)N1CCC(O)CC1.CC(C)(C)OC(=O)N1CCC(Oc2cccc(F)c2Cl)CC1.Cl.Cn1nc(CC(=O)N2CCC(Oc3cccc(F)c3Cl)CC2)ccc1=O.Cn1nc(N)ccc1=O.Fc1cccc(OC2CCNCC2)c1Cl.Oc1cccc(F)c1Cl. The number of benzene rings is 4. The molecule has 528 valence electrons. The summed E-state index contributed by atoms with van der Waals surface area (Å²) in [6.45, 7) is 16.3. The highest BCUT2D eigenvalue weighted by Gasteiger charge is 2.30. The number of aromatic hydroxyl groups is 1. The van der Waals surface area contributed by atoms with E-state index in [-0.39, 0.29) is 98.3 Å². The Kier molecular flexibility index (Phi) is 33.2. The smallest absolute Gasteiger partial charge is 0.410 e. The Bertz CT molecular complexity index is 3560. The van der Waals surface area contributed by atoms with Gasteiger partial charge in [-0.15, -0.1) is 12.4 Å². The molecule has 0 unspecified atom stereocenters. The molecule has 21 nitrogen and oxygen atoms in total. The normalized spacial score (nSPS) is 15.3. The molecule has 96 heavy (non-hydrogen) atoms. The highest BCUT2D eigenvalue weighted by atomic mass is 35.5. The fourth-order valence-electron chi connectivity index (χ4n) is 9.18. The van der Waals surface area contributed by atoms with Crippen LogP contribution in [0.15, 0.2) is 107 Å². The number of hydrogen-bond acceptors (Lipinski definition) is 16. The first-order valence-electron chi connectivity index (χ1n) is 30.7. The predicted octanol–water partition coefficient (Wildman–Crippen LogP) is 12.4. The number of carbonyl (C=O) groups is 3. The molecule has 0 bridgehead atoms. The number of anilines is 1. The number of amides is 3. The number of rotatable bonds is 8. The predicted molar refractivity (Wildman–Crippen MR) is 363 cm³/mol. The number of nitrogen functional groups attached to an aromatic ring is 1. The van der Waals surface area contributed by atoms with Crippen LogP contribution in [0, 0.1) is 23.3 Å². The zero-order valence-corrected chi connectivity index (χ0v) is 58.5. The Morgan fingerprint density at radius 1 is 0.531 bits per heavy atom. The Labute approximate surface area is 582 Å². The van der Waals surface area contributed by atoms with Gasteiger partial charge in [0.1, 0.15) is 102 Å². The molecule has 4 aromatic carbocycles. The quantitative estimate of drug-likeness (QED) is 0.103. The molecule has 5 N–H and O–H groups in total. The first kappa shape index (κ1) is 81.2. The third kappa shape index (κ3) is 28.1. The zero-order valence-electron chi connectivity index (χ0n) is 54.7. The summed E-state index contributed by atoms with van der Waals surface area (Å²) in [6, 6.07) is 23.3. The second kappa shape index (κ2) is 39.2. The number of likely N-dealkylation sites (tertiary alicyclic amines) is 3. The number of nitrogens with two attached hydrogens (primary N) is 1. The van der Waals surface area contributed by atoms with Crippen molar-refractivity contribution in [1.29, 1.82) is 0 Å². The molecule has 6 heterocycles. The first-order valence-corrected chi connectivity index (χ1v) is 32.2. The van der Waals surface area contributed by atoms with Gasteiger partial charge in [0.15, 0.2) is 0 Å². The van der Waals surface area contributed by atoms with Crippen LogP contribution >= 0.6 is 58.8 Å². The third-order valence-corrected chi connectivity index (χ3v) is 15.7. The Hall–Kier alpha value is -7.26. The Morgan fingerprint density at radius 2 is 0.885 bits per heavy atom. The van der Waals surface area contributed by atoms with E-state index in [9.17, 15) is 46.6 Å². The van der Waals surface area contributed by atoms with Gasteiger partial charge in [-0.2, -0.15) is 10.2 Å². The molecule has 0 saturated carbocycles. The molecule has 0 atom stereocenters. The van der Waals surface area contributed by atoms with E-state index < -0.39 is 34.5 Å². The number of aryl methyl sites for hydroxylation is 2. The van der Waals surface area contributed by atoms with Crippen LogP contribution in [0.3, 0.4) is 0 Å². The van der Waals surface area contributed by atoms with Gasteiger partial charge in [-0.3, -0.25) is 14.4 Å². The van der Waals surface area contributed by atoms with Crippen LogP contribution in [0.25, 0.3) is 0 Å². The van der Waals surface area contributed by atoms with Gasteiger partial charge in [0.25, 0.3) is 11.1 Å². The van der Waals surface area contributed by atoms with E-state index >= 15 is 0 Å². The van der Waals surface area contributed by atoms with Gasteiger partial charge in [-0.1, -0.05) is 70.7 Å². The molecule has 4 aliphatic rings. The summed E-state index contributed by atoms with van der Waals surface area (Å²) in [6.07, 6.45) is 5.02. The molecule has 0 spiro atoms. The largest absolute Gasteiger partial charge is 0.506 e. The maximum atomic E-state index is 13.5. The molecule has 3 amide bonds.